The van der Waals surface area contributed by atoms with Gasteiger partial charge in [0.05, 0.1) is 0 Å². The molecule has 0 unspecified atom stereocenters. The van der Waals surface area contributed by atoms with E-state index in [4.69, 9.17) is 0 Å². The summed E-state index contributed by atoms with van der Waals surface area (Å²) in [6.07, 6.45) is 9.52. The molecule has 0 atom stereocenters. The topological polar surface area (TPSA) is 84.7 Å². The SMILES string of the molecule is Cc1ccc(C(=O)Nc2cccc(C(C)C)c2)cc1C=Cn1cnc2c(NC3CC3)ncnc21. The molecule has 0 radical (unpaired) electrons. The maximum atomic E-state index is 12.9. The third kappa shape index (κ3) is 4.69. The van der Waals surface area contributed by atoms with E-state index in [-0.39, 0.29) is 5.91 Å². The molecule has 2 aromatic heterocycles. The third-order valence-corrected chi connectivity index (χ3v) is 6.04. The van der Waals surface area contributed by atoms with Gasteiger partial charge in [0.1, 0.15) is 12.7 Å². The Kier molecular flexibility index (Phi) is 5.84. The molecule has 5 rings (SSSR count). The Morgan fingerprint density at radius 2 is 1.97 bits per heavy atom. The molecule has 0 bridgehead atoms. The largest absolute Gasteiger partial charge is 0.365 e. The predicted molar refractivity (Wildman–Crippen MR) is 137 cm³/mol. The fourth-order valence-electron chi connectivity index (χ4n) is 3.79. The molecule has 1 aliphatic carbocycles. The molecule has 1 fully saturated rings. The Balaban J connectivity index is 1.37. The smallest absolute Gasteiger partial charge is 0.255 e. The van der Waals surface area contributed by atoms with Crippen LogP contribution in [0.5, 0.6) is 0 Å². The van der Waals surface area contributed by atoms with Crippen molar-refractivity contribution in [2.24, 2.45) is 0 Å². The molecule has 1 aliphatic rings. The summed E-state index contributed by atoms with van der Waals surface area (Å²) in [5.74, 6) is 1.04. The summed E-state index contributed by atoms with van der Waals surface area (Å²) in [4.78, 5) is 26.2. The van der Waals surface area contributed by atoms with Crippen LogP contribution in [0.1, 0.15) is 59.7 Å². The highest BCUT2D eigenvalue weighted by atomic mass is 16.1. The van der Waals surface area contributed by atoms with Gasteiger partial charge in [-0.1, -0.05) is 32.0 Å². The van der Waals surface area contributed by atoms with Gasteiger partial charge in [0.15, 0.2) is 17.0 Å². The summed E-state index contributed by atoms with van der Waals surface area (Å²) in [7, 11) is 0. The monoisotopic (exact) mass is 452 g/mol. The summed E-state index contributed by atoms with van der Waals surface area (Å²) in [5, 5.41) is 6.43. The number of nitrogens with zero attached hydrogens (tertiary/aromatic N) is 4. The van der Waals surface area contributed by atoms with E-state index >= 15 is 0 Å². The summed E-state index contributed by atoms with van der Waals surface area (Å²) in [6, 6.07) is 14.2. The maximum Gasteiger partial charge on any atom is 0.255 e. The van der Waals surface area contributed by atoms with Crippen LogP contribution in [-0.2, 0) is 0 Å². The van der Waals surface area contributed by atoms with E-state index in [0.29, 0.717) is 17.5 Å². The fraction of sp³-hybridized carbons (Fsp3) is 0.259. The molecule has 2 aromatic carbocycles. The number of anilines is 2. The molecule has 4 aromatic rings. The lowest BCUT2D eigenvalue weighted by Crippen LogP contribution is -2.12. The number of amides is 1. The molecule has 0 aliphatic heterocycles. The highest BCUT2D eigenvalue weighted by Gasteiger charge is 2.23. The van der Waals surface area contributed by atoms with Crippen molar-refractivity contribution < 1.29 is 4.79 Å². The predicted octanol–water partition coefficient (Wildman–Crippen LogP) is 5.71. The van der Waals surface area contributed by atoms with Crippen LogP contribution in [0.15, 0.2) is 55.1 Å². The number of nitrogens with one attached hydrogen (secondary N) is 2. The van der Waals surface area contributed by atoms with E-state index < -0.39 is 0 Å². The lowest BCUT2D eigenvalue weighted by molar-refractivity contribution is 0.102. The highest BCUT2D eigenvalue weighted by Crippen LogP contribution is 2.27. The number of aryl methyl sites for hydroxylation is 1. The minimum atomic E-state index is -0.132. The minimum Gasteiger partial charge on any atom is -0.365 e. The zero-order valence-corrected chi connectivity index (χ0v) is 19.6. The van der Waals surface area contributed by atoms with Crippen molar-refractivity contribution in [1.82, 2.24) is 19.5 Å². The van der Waals surface area contributed by atoms with Crippen LogP contribution in [0.2, 0.25) is 0 Å². The van der Waals surface area contributed by atoms with Crippen LogP contribution in [0.25, 0.3) is 23.4 Å². The van der Waals surface area contributed by atoms with Crippen molar-refractivity contribution in [3.8, 4) is 0 Å². The van der Waals surface area contributed by atoms with E-state index in [1.54, 1.807) is 12.7 Å². The van der Waals surface area contributed by atoms with E-state index in [1.807, 2.05) is 60.2 Å². The first-order chi connectivity index (χ1) is 16.5. The van der Waals surface area contributed by atoms with Gasteiger partial charge in [-0.05, 0) is 72.7 Å². The first kappa shape index (κ1) is 21.8. The zero-order chi connectivity index (χ0) is 23.7. The molecule has 2 heterocycles. The zero-order valence-electron chi connectivity index (χ0n) is 19.6. The average molecular weight is 453 g/mol. The van der Waals surface area contributed by atoms with Crippen LogP contribution in [0.3, 0.4) is 0 Å². The Labute approximate surface area is 199 Å². The lowest BCUT2D eigenvalue weighted by Gasteiger charge is -2.10. The summed E-state index contributed by atoms with van der Waals surface area (Å²) in [6.45, 7) is 6.30. The second kappa shape index (κ2) is 9.09. The van der Waals surface area contributed by atoms with Crippen molar-refractivity contribution in [2.75, 3.05) is 10.6 Å². The maximum absolute atomic E-state index is 12.9. The number of benzene rings is 2. The molecule has 1 amide bonds. The second-order valence-corrected chi connectivity index (χ2v) is 9.09. The number of aromatic nitrogens is 4. The number of rotatable bonds is 7. The number of hydrogen-bond donors (Lipinski definition) is 2. The van der Waals surface area contributed by atoms with Gasteiger partial charge in [0.25, 0.3) is 5.91 Å². The summed E-state index contributed by atoms with van der Waals surface area (Å²) >= 11 is 0. The molecular formula is C27H28N6O. The van der Waals surface area contributed by atoms with Crippen molar-refractivity contribution in [3.63, 3.8) is 0 Å². The quantitative estimate of drug-likeness (QED) is 0.375. The van der Waals surface area contributed by atoms with Crippen molar-refractivity contribution >= 4 is 40.9 Å². The van der Waals surface area contributed by atoms with E-state index in [0.717, 1.165) is 33.8 Å². The number of hydrogen-bond acceptors (Lipinski definition) is 5. The first-order valence-electron chi connectivity index (χ1n) is 11.6. The minimum absolute atomic E-state index is 0.132. The van der Waals surface area contributed by atoms with Crippen LogP contribution in [0.4, 0.5) is 11.5 Å². The summed E-state index contributed by atoms with van der Waals surface area (Å²) in [5.41, 5.74) is 6.12. The Morgan fingerprint density at radius 3 is 2.76 bits per heavy atom. The molecule has 0 saturated heterocycles. The van der Waals surface area contributed by atoms with Gasteiger partial charge in [-0.2, -0.15) is 0 Å². The van der Waals surface area contributed by atoms with E-state index in [9.17, 15) is 4.79 Å². The van der Waals surface area contributed by atoms with Crippen LogP contribution < -0.4 is 10.6 Å². The number of fused-ring (bicyclic) bond motifs is 1. The Hall–Kier alpha value is -4.00. The van der Waals surface area contributed by atoms with Crippen LogP contribution >= 0.6 is 0 Å². The molecule has 0 spiro atoms. The molecule has 34 heavy (non-hydrogen) atoms. The Morgan fingerprint density at radius 1 is 1.12 bits per heavy atom. The van der Waals surface area contributed by atoms with Crippen LogP contribution in [-0.4, -0.2) is 31.5 Å². The van der Waals surface area contributed by atoms with E-state index in [1.165, 1.54) is 18.4 Å². The molecule has 7 heteroatoms. The average Bonchev–Trinajstić information content (AvgIpc) is 3.55. The standard InChI is InChI=1S/C27H28N6O/c1-17(2)19-5-4-6-23(14-19)32-27(34)21-8-7-18(3)20(13-21)11-12-33-16-30-24-25(31-22-9-10-22)28-15-29-26(24)33/h4-8,11-17,22H,9-10H2,1-3H3,(H,32,34)(H,28,29,31). The van der Waals surface area contributed by atoms with Gasteiger partial charge < -0.3 is 10.6 Å². The second-order valence-electron chi connectivity index (χ2n) is 9.09. The van der Waals surface area contributed by atoms with Gasteiger partial charge in [0.2, 0.25) is 0 Å². The first-order valence-corrected chi connectivity index (χ1v) is 11.6. The van der Waals surface area contributed by atoms with Crippen molar-refractivity contribution in [1.29, 1.82) is 0 Å². The van der Waals surface area contributed by atoms with Gasteiger partial charge in [-0.3, -0.25) is 9.36 Å². The summed E-state index contributed by atoms with van der Waals surface area (Å²) < 4.78 is 1.87. The third-order valence-electron chi connectivity index (χ3n) is 6.04. The van der Waals surface area contributed by atoms with Crippen LogP contribution in [0, 0.1) is 6.92 Å². The highest BCUT2D eigenvalue weighted by molar-refractivity contribution is 6.04. The van der Waals surface area contributed by atoms with Gasteiger partial charge in [0, 0.05) is 23.5 Å². The number of carbonyl (C=O) groups is 1. The van der Waals surface area contributed by atoms with Gasteiger partial charge in [-0.25, -0.2) is 15.0 Å². The number of carbonyl (C=O) groups excluding carboxylic acids is 1. The van der Waals surface area contributed by atoms with Crippen molar-refractivity contribution in [2.45, 2.75) is 45.6 Å². The normalized spacial score (nSPS) is 13.6. The number of imidazole rings is 1. The molecule has 1 saturated carbocycles. The van der Waals surface area contributed by atoms with E-state index in [2.05, 4.69) is 45.5 Å². The van der Waals surface area contributed by atoms with Crippen molar-refractivity contribution in [3.05, 3.63) is 77.4 Å². The molecule has 7 nitrogen and oxygen atoms in total. The molecule has 172 valence electrons. The molecular weight excluding hydrogens is 424 g/mol. The molecule has 2 N–H and O–H groups in total. The fourth-order valence-corrected chi connectivity index (χ4v) is 3.79. The lowest BCUT2D eigenvalue weighted by atomic mass is 10.0. The van der Waals surface area contributed by atoms with Gasteiger partial charge in [-0.15, -0.1) is 0 Å². The Bertz CT molecular complexity index is 1380. The van der Waals surface area contributed by atoms with Gasteiger partial charge >= 0.3 is 0 Å².